The molecule has 0 atom stereocenters. The number of Topliss-reactive ketones (excluding diaryl/α,β-unsaturated/α-hetero) is 1. The largest absolute Gasteiger partial charge is 0.495 e. The predicted octanol–water partition coefficient (Wildman–Crippen LogP) is 3.86. The fourth-order valence-corrected chi connectivity index (χ4v) is 2.96. The van der Waals surface area contributed by atoms with E-state index in [4.69, 9.17) is 21.1 Å². The van der Waals surface area contributed by atoms with Gasteiger partial charge in [-0.25, -0.2) is 0 Å². The van der Waals surface area contributed by atoms with Gasteiger partial charge in [0.1, 0.15) is 5.75 Å². The van der Waals surface area contributed by atoms with E-state index in [0.29, 0.717) is 21.3 Å². The Morgan fingerprint density at radius 2 is 2.00 bits per heavy atom. The van der Waals surface area contributed by atoms with Crippen LogP contribution in [0, 0.1) is 6.92 Å². The number of benzene rings is 1. The molecule has 0 radical (unpaired) electrons. The van der Waals surface area contributed by atoms with E-state index in [0.717, 1.165) is 5.56 Å². The van der Waals surface area contributed by atoms with E-state index in [1.165, 1.54) is 18.4 Å². The first-order valence-electron chi connectivity index (χ1n) is 7.77. The highest BCUT2D eigenvalue weighted by molar-refractivity contribution is 7.12. The molecule has 0 saturated heterocycles. The standard InChI is InChI=1S/C18H18ClNO5S/c1-11-8-13(15(24-2)9-12(11)19)20-17(22)10-25-18(23)6-5-14(21)16-4-3-7-26-16/h3-4,7-9H,5-6,10H2,1-2H3,(H,20,22). The molecule has 1 aromatic carbocycles. The summed E-state index contributed by atoms with van der Waals surface area (Å²) in [5, 5.41) is 4.92. The van der Waals surface area contributed by atoms with Crippen LogP contribution in [0.1, 0.15) is 28.1 Å². The second kappa shape index (κ2) is 9.35. The van der Waals surface area contributed by atoms with E-state index < -0.39 is 18.5 Å². The molecule has 2 rings (SSSR count). The van der Waals surface area contributed by atoms with Crippen LogP contribution in [0.3, 0.4) is 0 Å². The fourth-order valence-electron chi connectivity index (χ4n) is 2.11. The molecule has 138 valence electrons. The summed E-state index contributed by atoms with van der Waals surface area (Å²) in [6, 6.07) is 6.73. The molecule has 1 amide bonds. The molecule has 6 nitrogen and oxygen atoms in total. The van der Waals surface area contributed by atoms with Gasteiger partial charge in [-0.15, -0.1) is 11.3 Å². The molecule has 0 spiro atoms. The minimum Gasteiger partial charge on any atom is -0.495 e. The number of methoxy groups -OCH3 is 1. The minimum absolute atomic E-state index is 0.0468. The summed E-state index contributed by atoms with van der Waals surface area (Å²) in [6.07, 6.45) is -0.0292. The van der Waals surface area contributed by atoms with Crippen molar-refractivity contribution in [1.29, 1.82) is 0 Å². The molecule has 1 N–H and O–H groups in total. The highest BCUT2D eigenvalue weighted by Gasteiger charge is 2.14. The molecule has 0 bridgehead atoms. The number of amides is 1. The number of ether oxygens (including phenoxy) is 2. The van der Waals surface area contributed by atoms with Gasteiger partial charge in [-0.1, -0.05) is 17.7 Å². The smallest absolute Gasteiger partial charge is 0.306 e. The Kier molecular flexibility index (Phi) is 7.17. The topological polar surface area (TPSA) is 81.7 Å². The molecule has 0 aliphatic carbocycles. The molecular formula is C18H18ClNO5S. The lowest BCUT2D eigenvalue weighted by Crippen LogP contribution is -2.21. The molecule has 0 fully saturated rings. The van der Waals surface area contributed by atoms with Gasteiger partial charge in [0.2, 0.25) is 0 Å². The normalized spacial score (nSPS) is 10.3. The van der Waals surface area contributed by atoms with Crippen LogP contribution in [0.5, 0.6) is 5.75 Å². The number of halogens is 1. The Bertz CT molecular complexity index is 804. The molecule has 26 heavy (non-hydrogen) atoms. The monoisotopic (exact) mass is 395 g/mol. The lowest BCUT2D eigenvalue weighted by atomic mass is 10.2. The molecule has 0 aliphatic heterocycles. The van der Waals surface area contributed by atoms with Crippen LogP contribution in [0.15, 0.2) is 29.6 Å². The van der Waals surface area contributed by atoms with E-state index in [9.17, 15) is 14.4 Å². The van der Waals surface area contributed by atoms with Gasteiger partial charge in [0.25, 0.3) is 5.91 Å². The van der Waals surface area contributed by atoms with E-state index in [-0.39, 0.29) is 18.6 Å². The number of anilines is 1. The zero-order valence-corrected chi connectivity index (χ0v) is 15.9. The van der Waals surface area contributed by atoms with E-state index in [1.807, 2.05) is 0 Å². The van der Waals surface area contributed by atoms with Gasteiger partial charge < -0.3 is 14.8 Å². The van der Waals surface area contributed by atoms with Crippen LogP contribution in [-0.4, -0.2) is 31.4 Å². The van der Waals surface area contributed by atoms with Gasteiger partial charge in [-0.05, 0) is 30.0 Å². The molecule has 2 aromatic rings. The van der Waals surface area contributed by atoms with Crippen molar-refractivity contribution >= 4 is 46.3 Å². The zero-order valence-electron chi connectivity index (χ0n) is 14.3. The summed E-state index contributed by atoms with van der Waals surface area (Å²) in [5.74, 6) is -0.836. The second-order valence-corrected chi connectivity index (χ2v) is 6.77. The highest BCUT2D eigenvalue weighted by atomic mass is 35.5. The summed E-state index contributed by atoms with van der Waals surface area (Å²) in [4.78, 5) is 36.1. The maximum Gasteiger partial charge on any atom is 0.306 e. The number of rotatable bonds is 8. The molecule has 0 saturated carbocycles. The average Bonchev–Trinajstić information content (AvgIpc) is 3.15. The number of carbonyl (C=O) groups excluding carboxylic acids is 3. The minimum atomic E-state index is -0.607. The Labute approximate surface area is 160 Å². The second-order valence-electron chi connectivity index (χ2n) is 5.41. The van der Waals surface area contributed by atoms with Crippen molar-refractivity contribution in [3.05, 3.63) is 45.1 Å². The first-order chi connectivity index (χ1) is 12.4. The summed E-state index contributed by atoms with van der Waals surface area (Å²) in [7, 11) is 1.46. The number of hydrogen-bond donors (Lipinski definition) is 1. The van der Waals surface area contributed by atoms with Crippen LogP contribution in [0.2, 0.25) is 5.02 Å². The van der Waals surface area contributed by atoms with Gasteiger partial charge in [0.15, 0.2) is 12.4 Å². The number of esters is 1. The van der Waals surface area contributed by atoms with Crippen molar-refractivity contribution in [3.8, 4) is 5.75 Å². The molecule has 1 heterocycles. The van der Waals surface area contributed by atoms with Crippen LogP contribution >= 0.6 is 22.9 Å². The van der Waals surface area contributed by atoms with E-state index in [1.54, 1.807) is 36.6 Å². The Morgan fingerprint density at radius 3 is 2.65 bits per heavy atom. The van der Waals surface area contributed by atoms with Gasteiger partial charge >= 0.3 is 5.97 Å². The van der Waals surface area contributed by atoms with Crippen LogP contribution < -0.4 is 10.1 Å². The summed E-state index contributed by atoms with van der Waals surface area (Å²) in [6.45, 7) is 1.35. The van der Waals surface area contributed by atoms with E-state index >= 15 is 0 Å². The van der Waals surface area contributed by atoms with Gasteiger partial charge in [0.05, 0.1) is 24.1 Å². The number of hydrogen-bond acceptors (Lipinski definition) is 6. The lowest BCUT2D eigenvalue weighted by molar-refractivity contribution is -0.147. The van der Waals surface area contributed by atoms with Crippen molar-refractivity contribution in [2.75, 3.05) is 19.0 Å². The first-order valence-corrected chi connectivity index (χ1v) is 9.02. The summed E-state index contributed by atoms with van der Waals surface area (Å²) < 4.78 is 10.1. The Balaban J connectivity index is 1.80. The van der Waals surface area contributed by atoms with Gasteiger partial charge in [0, 0.05) is 17.5 Å². The number of carbonyl (C=O) groups is 3. The molecule has 8 heteroatoms. The third-order valence-electron chi connectivity index (χ3n) is 3.47. The molecule has 1 aromatic heterocycles. The lowest BCUT2D eigenvalue weighted by Gasteiger charge is -2.12. The molecule has 0 aliphatic rings. The third-order valence-corrected chi connectivity index (χ3v) is 4.79. The van der Waals surface area contributed by atoms with Crippen molar-refractivity contribution in [2.45, 2.75) is 19.8 Å². The van der Waals surface area contributed by atoms with Crippen molar-refractivity contribution in [2.24, 2.45) is 0 Å². The van der Waals surface area contributed by atoms with Crippen molar-refractivity contribution < 1.29 is 23.9 Å². The zero-order chi connectivity index (χ0) is 19.1. The van der Waals surface area contributed by atoms with Crippen LogP contribution in [0.25, 0.3) is 0 Å². The van der Waals surface area contributed by atoms with Crippen LogP contribution in [-0.2, 0) is 14.3 Å². The van der Waals surface area contributed by atoms with Crippen molar-refractivity contribution in [3.63, 3.8) is 0 Å². The quantitative estimate of drug-likeness (QED) is 0.542. The Morgan fingerprint density at radius 1 is 1.23 bits per heavy atom. The number of thiophene rings is 1. The average molecular weight is 396 g/mol. The number of nitrogens with one attached hydrogen (secondary N) is 1. The maximum atomic E-state index is 12.0. The fraction of sp³-hybridized carbons (Fsp3) is 0.278. The summed E-state index contributed by atoms with van der Waals surface area (Å²) in [5.41, 5.74) is 1.20. The Hall–Kier alpha value is -2.38. The molecule has 0 unspecified atom stereocenters. The molecular weight excluding hydrogens is 378 g/mol. The van der Waals surface area contributed by atoms with Gasteiger partial charge in [-0.3, -0.25) is 14.4 Å². The number of aryl methyl sites for hydroxylation is 1. The third kappa shape index (κ3) is 5.57. The van der Waals surface area contributed by atoms with Gasteiger partial charge in [-0.2, -0.15) is 0 Å². The number of ketones is 1. The predicted molar refractivity (Wildman–Crippen MR) is 100 cm³/mol. The SMILES string of the molecule is COc1cc(Cl)c(C)cc1NC(=O)COC(=O)CCC(=O)c1cccs1. The van der Waals surface area contributed by atoms with Crippen LogP contribution in [0.4, 0.5) is 5.69 Å². The maximum absolute atomic E-state index is 12.0. The van der Waals surface area contributed by atoms with Crippen molar-refractivity contribution in [1.82, 2.24) is 0 Å². The first kappa shape index (κ1) is 19.9. The highest BCUT2D eigenvalue weighted by Crippen LogP contribution is 2.30. The summed E-state index contributed by atoms with van der Waals surface area (Å²) >= 11 is 7.33. The van der Waals surface area contributed by atoms with E-state index in [2.05, 4.69) is 5.32 Å².